The number of esters is 1. The third kappa shape index (κ3) is 2.37. The molecule has 0 saturated carbocycles. The van der Waals surface area contributed by atoms with Crippen LogP contribution in [0.25, 0.3) is 0 Å². The van der Waals surface area contributed by atoms with Crippen molar-refractivity contribution in [3.8, 4) is 0 Å². The summed E-state index contributed by atoms with van der Waals surface area (Å²) in [6.45, 7) is 2.56. The van der Waals surface area contributed by atoms with Gasteiger partial charge in [-0.1, -0.05) is 0 Å². The van der Waals surface area contributed by atoms with E-state index in [1.165, 1.54) is 0 Å². The fraction of sp³-hybridized carbons (Fsp3) is 0.400. The second-order valence-corrected chi connectivity index (χ2v) is 5.14. The number of aryl methyl sites for hydroxylation is 1. The van der Waals surface area contributed by atoms with Crippen LogP contribution in [-0.2, 0) is 32.0 Å². The first kappa shape index (κ1) is 13.6. The van der Waals surface area contributed by atoms with Crippen LogP contribution < -0.4 is 10.2 Å². The predicted molar refractivity (Wildman–Crippen MR) is 76.1 cm³/mol. The predicted octanol–water partition coefficient (Wildman–Crippen LogP) is 1.02. The van der Waals surface area contributed by atoms with Gasteiger partial charge in [-0.3, -0.25) is 9.59 Å². The van der Waals surface area contributed by atoms with Crippen molar-refractivity contribution in [2.45, 2.75) is 26.2 Å². The SMILES string of the molecule is CCOC(=O)C(=O)Nc1cc2c3c(c1)CC(=O)N3CCC2. The molecule has 0 aliphatic carbocycles. The van der Waals surface area contributed by atoms with Crippen molar-refractivity contribution >= 4 is 29.2 Å². The van der Waals surface area contributed by atoms with Crippen LogP contribution >= 0.6 is 0 Å². The van der Waals surface area contributed by atoms with Gasteiger partial charge in [0.1, 0.15) is 0 Å². The molecule has 6 nitrogen and oxygen atoms in total. The molecule has 21 heavy (non-hydrogen) atoms. The Bertz CT molecular complexity index is 639. The molecule has 2 aliphatic rings. The Morgan fingerprint density at radius 2 is 2.10 bits per heavy atom. The minimum Gasteiger partial charge on any atom is -0.459 e. The van der Waals surface area contributed by atoms with Crippen LogP contribution in [0.4, 0.5) is 11.4 Å². The van der Waals surface area contributed by atoms with E-state index in [0.717, 1.165) is 36.2 Å². The van der Waals surface area contributed by atoms with Gasteiger partial charge in [-0.05, 0) is 43.0 Å². The van der Waals surface area contributed by atoms with Crippen molar-refractivity contribution in [2.24, 2.45) is 0 Å². The molecule has 110 valence electrons. The van der Waals surface area contributed by atoms with Crippen molar-refractivity contribution in [2.75, 3.05) is 23.4 Å². The normalized spacial score (nSPS) is 15.7. The molecule has 2 amide bonds. The third-order valence-corrected chi connectivity index (χ3v) is 3.73. The highest BCUT2D eigenvalue weighted by Gasteiger charge is 2.32. The summed E-state index contributed by atoms with van der Waals surface area (Å²) in [5.74, 6) is -1.59. The summed E-state index contributed by atoms with van der Waals surface area (Å²) in [7, 11) is 0. The summed E-state index contributed by atoms with van der Waals surface area (Å²) in [5.41, 5.74) is 3.49. The molecule has 0 aromatic heterocycles. The Balaban J connectivity index is 1.86. The molecule has 3 rings (SSSR count). The molecule has 2 aliphatic heterocycles. The van der Waals surface area contributed by atoms with Gasteiger partial charge >= 0.3 is 11.9 Å². The molecule has 1 N–H and O–H groups in total. The highest BCUT2D eigenvalue weighted by Crippen LogP contribution is 2.38. The van der Waals surface area contributed by atoms with E-state index in [0.29, 0.717) is 12.1 Å². The number of rotatable bonds is 2. The maximum absolute atomic E-state index is 11.9. The van der Waals surface area contributed by atoms with E-state index >= 15 is 0 Å². The monoisotopic (exact) mass is 288 g/mol. The van der Waals surface area contributed by atoms with E-state index in [4.69, 9.17) is 0 Å². The molecule has 0 radical (unpaired) electrons. The highest BCUT2D eigenvalue weighted by molar-refractivity contribution is 6.37. The summed E-state index contributed by atoms with van der Waals surface area (Å²) in [5, 5.41) is 2.54. The number of benzene rings is 1. The molecule has 0 atom stereocenters. The van der Waals surface area contributed by atoms with Crippen LogP contribution in [0.1, 0.15) is 24.5 Å². The van der Waals surface area contributed by atoms with Crippen molar-refractivity contribution in [3.63, 3.8) is 0 Å². The summed E-state index contributed by atoms with van der Waals surface area (Å²) >= 11 is 0. The van der Waals surface area contributed by atoms with E-state index < -0.39 is 11.9 Å². The van der Waals surface area contributed by atoms with Crippen LogP contribution in [0.15, 0.2) is 12.1 Å². The maximum atomic E-state index is 11.9. The number of ether oxygens (including phenoxy) is 1. The second kappa shape index (κ2) is 5.20. The average molecular weight is 288 g/mol. The fourth-order valence-electron chi connectivity index (χ4n) is 2.93. The van der Waals surface area contributed by atoms with Crippen LogP contribution in [0.5, 0.6) is 0 Å². The zero-order valence-electron chi connectivity index (χ0n) is 11.8. The third-order valence-electron chi connectivity index (χ3n) is 3.73. The van der Waals surface area contributed by atoms with E-state index in [-0.39, 0.29) is 12.5 Å². The average Bonchev–Trinajstić information content (AvgIpc) is 2.77. The molecular formula is C15H16N2O4. The summed E-state index contributed by atoms with van der Waals surface area (Å²) < 4.78 is 4.66. The smallest absolute Gasteiger partial charge is 0.397 e. The number of anilines is 2. The Kier molecular flexibility index (Phi) is 3.37. The maximum Gasteiger partial charge on any atom is 0.397 e. The second-order valence-electron chi connectivity index (χ2n) is 5.14. The Hall–Kier alpha value is -2.37. The molecule has 6 heteroatoms. The van der Waals surface area contributed by atoms with Gasteiger partial charge in [0, 0.05) is 12.2 Å². The first-order valence-corrected chi connectivity index (χ1v) is 7.04. The number of carbonyl (C=O) groups excluding carboxylic acids is 3. The van der Waals surface area contributed by atoms with Crippen LogP contribution in [0, 0.1) is 0 Å². The zero-order chi connectivity index (χ0) is 15.0. The van der Waals surface area contributed by atoms with E-state index in [1.807, 2.05) is 11.0 Å². The van der Waals surface area contributed by atoms with Crippen LogP contribution in [0.2, 0.25) is 0 Å². The van der Waals surface area contributed by atoms with Gasteiger partial charge in [0.2, 0.25) is 5.91 Å². The number of hydrogen-bond acceptors (Lipinski definition) is 4. The van der Waals surface area contributed by atoms with Crippen LogP contribution in [0.3, 0.4) is 0 Å². The lowest BCUT2D eigenvalue weighted by Crippen LogP contribution is -2.31. The lowest BCUT2D eigenvalue weighted by atomic mass is 9.99. The van der Waals surface area contributed by atoms with Crippen molar-refractivity contribution in [3.05, 3.63) is 23.3 Å². The van der Waals surface area contributed by atoms with Gasteiger partial charge in [-0.25, -0.2) is 4.79 Å². The molecule has 0 saturated heterocycles. The van der Waals surface area contributed by atoms with Gasteiger partial charge in [0.25, 0.3) is 0 Å². The fourth-order valence-corrected chi connectivity index (χ4v) is 2.93. The minimum absolute atomic E-state index is 0.0971. The summed E-state index contributed by atoms with van der Waals surface area (Å²) in [4.78, 5) is 36.8. The number of carbonyl (C=O) groups is 3. The standard InChI is InChI=1S/C15H16N2O4/c1-2-21-15(20)14(19)16-11-6-9-4-3-5-17-12(18)8-10(7-11)13(9)17/h6-7H,2-5,8H2,1H3,(H,16,19). The molecular weight excluding hydrogens is 272 g/mol. The molecule has 0 bridgehead atoms. The van der Waals surface area contributed by atoms with E-state index in [9.17, 15) is 14.4 Å². The number of hydrogen-bond donors (Lipinski definition) is 1. The lowest BCUT2D eigenvalue weighted by Gasteiger charge is -2.26. The van der Waals surface area contributed by atoms with Gasteiger partial charge in [-0.2, -0.15) is 0 Å². The number of nitrogens with zero attached hydrogens (tertiary/aromatic N) is 1. The van der Waals surface area contributed by atoms with Gasteiger partial charge < -0.3 is 15.0 Å². The number of amides is 2. The largest absolute Gasteiger partial charge is 0.459 e. The molecule has 2 heterocycles. The lowest BCUT2D eigenvalue weighted by molar-refractivity contribution is -0.152. The van der Waals surface area contributed by atoms with E-state index in [2.05, 4.69) is 10.1 Å². The van der Waals surface area contributed by atoms with Crippen molar-refractivity contribution in [1.29, 1.82) is 0 Å². The Labute approximate surface area is 122 Å². The minimum atomic E-state index is -0.899. The molecule has 1 aromatic carbocycles. The zero-order valence-corrected chi connectivity index (χ0v) is 11.8. The molecule has 0 unspecified atom stereocenters. The van der Waals surface area contributed by atoms with Gasteiger partial charge in [0.15, 0.2) is 0 Å². The summed E-state index contributed by atoms with van der Waals surface area (Å²) in [6.07, 6.45) is 2.13. The molecule has 1 aromatic rings. The quantitative estimate of drug-likeness (QED) is 0.651. The Morgan fingerprint density at radius 3 is 2.86 bits per heavy atom. The van der Waals surface area contributed by atoms with E-state index in [1.54, 1.807) is 13.0 Å². The van der Waals surface area contributed by atoms with Gasteiger partial charge in [-0.15, -0.1) is 0 Å². The molecule has 0 fully saturated rings. The first-order valence-electron chi connectivity index (χ1n) is 7.04. The Morgan fingerprint density at radius 1 is 1.33 bits per heavy atom. The summed E-state index contributed by atoms with van der Waals surface area (Å²) in [6, 6.07) is 3.60. The van der Waals surface area contributed by atoms with Crippen molar-refractivity contribution < 1.29 is 19.1 Å². The topological polar surface area (TPSA) is 75.7 Å². The van der Waals surface area contributed by atoms with Crippen LogP contribution in [-0.4, -0.2) is 30.9 Å². The van der Waals surface area contributed by atoms with Gasteiger partial charge in [0.05, 0.1) is 18.7 Å². The number of nitrogens with one attached hydrogen (secondary N) is 1. The highest BCUT2D eigenvalue weighted by atomic mass is 16.5. The molecule has 0 spiro atoms. The first-order chi connectivity index (χ1) is 10.1. The van der Waals surface area contributed by atoms with Crippen molar-refractivity contribution in [1.82, 2.24) is 0 Å².